The standard InChI is InChI=1S/C21H25ClN4O2/c1-13-10-26(11-14(2)28-13)20-18-12-25(8-7-19(18)23-15(3)24-20)21(27)16-5-4-6-17(22)9-16/h4-6,9,13-14H,7-8,10-12H2,1-3H3/t13-,14-/m0/s1. The summed E-state index contributed by atoms with van der Waals surface area (Å²) in [6.45, 7) is 8.82. The number of benzene rings is 1. The molecule has 0 aliphatic carbocycles. The molecule has 28 heavy (non-hydrogen) atoms. The van der Waals surface area contributed by atoms with Crippen molar-refractivity contribution >= 4 is 23.3 Å². The number of aryl methyl sites for hydroxylation is 1. The summed E-state index contributed by atoms with van der Waals surface area (Å²) in [5, 5.41) is 0.569. The molecular weight excluding hydrogens is 376 g/mol. The van der Waals surface area contributed by atoms with Crippen molar-refractivity contribution in [3.05, 3.63) is 51.9 Å². The molecule has 0 radical (unpaired) electrons. The number of morpholine rings is 1. The number of anilines is 1. The van der Waals surface area contributed by atoms with Crippen molar-refractivity contribution in [1.82, 2.24) is 14.9 Å². The number of carbonyl (C=O) groups is 1. The predicted octanol–water partition coefficient (Wildman–Crippen LogP) is 3.25. The Bertz CT molecular complexity index is 894. The minimum atomic E-state index is -0.0108. The van der Waals surface area contributed by atoms with E-state index < -0.39 is 0 Å². The molecule has 0 spiro atoms. The summed E-state index contributed by atoms with van der Waals surface area (Å²) < 4.78 is 5.88. The largest absolute Gasteiger partial charge is 0.372 e. The molecule has 4 rings (SSSR count). The molecule has 2 aromatic rings. The van der Waals surface area contributed by atoms with Crippen molar-refractivity contribution in [1.29, 1.82) is 0 Å². The molecule has 0 saturated carbocycles. The van der Waals surface area contributed by atoms with E-state index in [0.29, 0.717) is 23.7 Å². The molecule has 1 amide bonds. The zero-order valence-corrected chi connectivity index (χ0v) is 17.2. The average molecular weight is 401 g/mol. The zero-order chi connectivity index (χ0) is 19.8. The summed E-state index contributed by atoms with van der Waals surface area (Å²) in [6, 6.07) is 7.11. The fraction of sp³-hybridized carbons (Fsp3) is 0.476. The number of halogens is 1. The molecule has 148 valence electrons. The molecular formula is C21H25ClN4O2. The molecule has 2 aliphatic heterocycles. The Kier molecular flexibility index (Phi) is 5.25. The number of aromatic nitrogens is 2. The zero-order valence-electron chi connectivity index (χ0n) is 16.5. The van der Waals surface area contributed by atoms with E-state index in [0.717, 1.165) is 42.4 Å². The van der Waals surface area contributed by atoms with Gasteiger partial charge in [0.05, 0.1) is 24.4 Å². The van der Waals surface area contributed by atoms with Gasteiger partial charge >= 0.3 is 0 Å². The highest BCUT2D eigenvalue weighted by Crippen LogP contribution is 2.29. The van der Waals surface area contributed by atoms with Crippen LogP contribution in [0.3, 0.4) is 0 Å². The molecule has 3 heterocycles. The summed E-state index contributed by atoms with van der Waals surface area (Å²) >= 11 is 6.07. The second kappa shape index (κ2) is 7.68. The smallest absolute Gasteiger partial charge is 0.254 e. The Hall–Kier alpha value is -2.18. The first-order valence-electron chi connectivity index (χ1n) is 9.72. The number of hydrogen-bond donors (Lipinski definition) is 0. The second-order valence-electron chi connectivity index (χ2n) is 7.67. The van der Waals surface area contributed by atoms with E-state index in [1.54, 1.807) is 12.1 Å². The van der Waals surface area contributed by atoms with Gasteiger partial charge in [-0.2, -0.15) is 0 Å². The molecule has 1 saturated heterocycles. The number of rotatable bonds is 2. The third-order valence-electron chi connectivity index (χ3n) is 5.23. The van der Waals surface area contributed by atoms with Crippen molar-refractivity contribution in [2.45, 2.75) is 45.9 Å². The quantitative estimate of drug-likeness (QED) is 0.774. The summed E-state index contributed by atoms with van der Waals surface area (Å²) in [4.78, 5) is 26.6. The van der Waals surface area contributed by atoms with Crippen molar-refractivity contribution in [3.8, 4) is 0 Å². The van der Waals surface area contributed by atoms with Gasteiger partial charge in [-0.1, -0.05) is 17.7 Å². The second-order valence-corrected chi connectivity index (χ2v) is 8.11. The van der Waals surface area contributed by atoms with Crippen LogP contribution in [-0.2, 0) is 17.7 Å². The van der Waals surface area contributed by atoms with Gasteiger partial charge in [0.1, 0.15) is 11.6 Å². The lowest BCUT2D eigenvalue weighted by Gasteiger charge is -2.38. The van der Waals surface area contributed by atoms with Crippen LogP contribution in [0.5, 0.6) is 0 Å². The lowest BCUT2D eigenvalue weighted by Crippen LogP contribution is -2.47. The Morgan fingerprint density at radius 1 is 1.21 bits per heavy atom. The predicted molar refractivity (Wildman–Crippen MR) is 109 cm³/mol. The molecule has 1 aromatic carbocycles. The van der Waals surface area contributed by atoms with Crippen LogP contribution in [0.25, 0.3) is 0 Å². The monoisotopic (exact) mass is 400 g/mol. The summed E-state index contributed by atoms with van der Waals surface area (Å²) in [5.74, 6) is 1.70. The molecule has 1 fully saturated rings. The van der Waals surface area contributed by atoms with Crippen molar-refractivity contribution < 1.29 is 9.53 Å². The molecule has 1 aromatic heterocycles. The van der Waals surface area contributed by atoms with Crippen molar-refractivity contribution in [2.75, 3.05) is 24.5 Å². The average Bonchev–Trinajstić information content (AvgIpc) is 2.65. The van der Waals surface area contributed by atoms with Gasteiger partial charge in [-0.25, -0.2) is 9.97 Å². The highest BCUT2D eigenvalue weighted by Gasteiger charge is 2.30. The van der Waals surface area contributed by atoms with E-state index in [1.807, 2.05) is 24.0 Å². The van der Waals surface area contributed by atoms with Crippen molar-refractivity contribution in [3.63, 3.8) is 0 Å². The minimum absolute atomic E-state index is 0.0108. The lowest BCUT2D eigenvalue weighted by molar-refractivity contribution is -0.00560. The van der Waals surface area contributed by atoms with Gasteiger partial charge < -0.3 is 14.5 Å². The third kappa shape index (κ3) is 3.84. The number of fused-ring (bicyclic) bond motifs is 1. The van der Waals surface area contributed by atoms with Gasteiger partial charge in [0.25, 0.3) is 5.91 Å². The van der Waals surface area contributed by atoms with E-state index in [1.165, 1.54) is 0 Å². The SMILES string of the molecule is Cc1nc2c(c(N3C[C@H](C)O[C@@H](C)C3)n1)CN(C(=O)c1cccc(Cl)c1)CC2. The third-order valence-corrected chi connectivity index (χ3v) is 5.46. The molecule has 6 nitrogen and oxygen atoms in total. The van der Waals surface area contributed by atoms with Crippen LogP contribution in [-0.4, -0.2) is 52.6 Å². The van der Waals surface area contributed by atoms with Crippen LogP contribution in [0.1, 0.15) is 41.3 Å². The fourth-order valence-corrected chi connectivity index (χ4v) is 4.30. The van der Waals surface area contributed by atoms with Gasteiger partial charge in [0.15, 0.2) is 0 Å². The van der Waals surface area contributed by atoms with Crippen LogP contribution >= 0.6 is 11.6 Å². The topological polar surface area (TPSA) is 58.6 Å². The van der Waals surface area contributed by atoms with Gasteiger partial charge in [-0.3, -0.25) is 4.79 Å². The maximum absolute atomic E-state index is 13.0. The van der Waals surface area contributed by atoms with Crippen molar-refractivity contribution in [2.24, 2.45) is 0 Å². The molecule has 2 aliphatic rings. The Morgan fingerprint density at radius 2 is 1.96 bits per heavy atom. The number of ether oxygens (including phenoxy) is 1. The highest BCUT2D eigenvalue weighted by atomic mass is 35.5. The van der Waals surface area contributed by atoms with Gasteiger partial charge in [0, 0.05) is 42.2 Å². The Labute approximate surface area is 170 Å². The molecule has 2 atom stereocenters. The first-order chi connectivity index (χ1) is 13.4. The first-order valence-corrected chi connectivity index (χ1v) is 10.1. The number of amides is 1. The van der Waals surface area contributed by atoms with Crippen LogP contribution in [0.2, 0.25) is 5.02 Å². The van der Waals surface area contributed by atoms with Crippen LogP contribution < -0.4 is 4.90 Å². The van der Waals surface area contributed by atoms with Gasteiger partial charge in [-0.05, 0) is 39.0 Å². The van der Waals surface area contributed by atoms with E-state index in [-0.39, 0.29) is 18.1 Å². The van der Waals surface area contributed by atoms with Crippen LogP contribution in [0.15, 0.2) is 24.3 Å². The molecule has 0 unspecified atom stereocenters. The Balaban J connectivity index is 1.65. The Morgan fingerprint density at radius 3 is 2.68 bits per heavy atom. The minimum Gasteiger partial charge on any atom is -0.372 e. The normalized spacial score (nSPS) is 22.1. The molecule has 7 heteroatoms. The summed E-state index contributed by atoms with van der Waals surface area (Å²) in [7, 11) is 0. The number of nitrogens with zero attached hydrogens (tertiary/aromatic N) is 4. The summed E-state index contributed by atoms with van der Waals surface area (Å²) in [6.07, 6.45) is 1.01. The van der Waals surface area contributed by atoms with E-state index in [4.69, 9.17) is 21.3 Å². The maximum atomic E-state index is 13.0. The number of hydrogen-bond acceptors (Lipinski definition) is 5. The van der Waals surface area contributed by atoms with Crippen LogP contribution in [0.4, 0.5) is 5.82 Å². The van der Waals surface area contributed by atoms with Gasteiger partial charge in [-0.15, -0.1) is 0 Å². The van der Waals surface area contributed by atoms with E-state index in [2.05, 4.69) is 23.7 Å². The van der Waals surface area contributed by atoms with Crippen LogP contribution in [0, 0.1) is 6.92 Å². The lowest BCUT2D eigenvalue weighted by atomic mass is 10.0. The summed E-state index contributed by atoms with van der Waals surface area (Å²) in [5.41, 5.74) is 2.71. The van der Waals surface area contributed by atoms with Gasteiger partial charge in [0.2, 0.25) is 0 Å². The number of carbonyl (C=O) groups excluding carboxylic acids is 1. The van der Waals surface area contributed by atoms with E-state index >= 15 is 0 Å². The van der Waals surface area contributed by atoms with E-state index in [9.17, 15) is 4.79 Å². The fourth-order valence-electron chi connectivity index (χ4n) is 4.11. The highest BCUT2D eigenvalue weighted by molar-refractivity contribution is 6.30. The molecule has 0 N–H and O–H groups in total. The maximum Gasteiger partial charge on any atom is 0.254 e. The first kappa shape index (κ1) is 19.2. The molecule has 0 bridgehead atoms.